The second kappa shape index (κ2) is 3.58. The van der Waals surface area contributed by atoms with Crippen LogP contribution in [-0.4, -0.2) is 13.1 Å². The van der Waals surface area contributed by atoms with Gasteiger partial charge < -0.3 is 4.90 Å². The molecule has 1 nitrogen and oxygen atoms in total. The second-order valence-electron chi connectivity index (χ2n) is 4.10. The van der Waals surface area contributed by atoms with Gasteiger partial charge in [-0.3, -0.25) is 0 Å². The minimum atomic E-state index is 1.20. The predicted molar refractivity (Wildman–Crippen MR) is 64.2 cm³/mol. The highest BCUT2D eigenvalue weighted by Crippen LogP contribution is 2.28. The summed E-state index contributed by atoms with van der Waals surface area (Å²) in [6.45, 7) is 2.40. The van der Waals surface area contributed by atoms with Crippen LogP contribution in [0.1, 0.15) is 12.8 Å². The monoisotopic (exact) mass is 196 g/mol. The van der Waals surface area contributed by atoms with Crippen molar-refractivity contribution in [3.8, 4) is 0 Å². The zero-order chi connectivity index (χ0) is 10.1. The maximum atomic E-state index is 3.29. The summed E-state index contributed by atoms with van der Waals surface area (Å²) in [4.78, 5) is 2.48. The molecule has 2 aromatic carbocycles. The Morgan fingerprint density at radius 2 is 1.80 bits per heavy atom. The summed E-state index contributed by atoms with van der Waals surface area (Å²) in [6, 6.07) is 16.0. The lowest BCUT2D eigenvalue weighted by Gasteiger charge is -2.19. The maximum absolute atomic E-state index is 3.29. The molecule has 0 saturated carbocycles. The van der Waals surface area contributed by atoms with Crippen LogP contribution in [0.5, 0.6) is 0 Å². The van der Waals surface area contributed by atoms with E-state index in [1.54, 1.807) is 0 Å². The van der Waals surface area contributed by atoms with Crippen LogP contribution in [0, 0.1) is 6.07 Å². The van der Waals surface area contributed by atoms with Gasteiger partial charge in [0.15, 0.2) is 0 Å². The molecule has 75 valence electrons. The first-order valence-electron chi connectivity index (χ1n) is 5.59. The Bertz CT molecular complexity index is 464. The van der Waals surface area contributed by atoms with Crippen molar-refractivity contribution >= 4 is 16.5 Å². The van der Waals surface area contributed by atoms with Gasteiger partial charge in [0, 0.05) is 24.2 Å². The molecule has 1 aliphatic rings. The third kappa shape index (κ3) is 1.48. The van der Waals surface area contributed by atoms with E-state index in [0.29, 0.717) is 0 Å². The Kier molecular flexibility index (Phi) is 2.09. The van der Waals surface area contributed by atoms with Gasteiger partial charge in [0.05, 0.1) is 0 Å². The summed E-state index contributed by atoms with van der Waals surface area (Å²) in [6.07, 6.45) is 2.65. The lowest BCUT2D eigenvalue weighted by atomic mass is 10.1. The smallest absolute Gasteiger partial charge is 0.0446 e. The molecule has 3 rings (SSSR count). The molecule has 1 aliphatic heterocycles. The topological polar surface area (TPSA) is 3.24 Å². The van der Waals surface area contributed by atoms with Gasteiger partial charge in [0.2, 0.25) is 0 Å². The molecule has 2 aromatic rings. The van der Waals surface area contributed by atoms with E-state index in [2.05, 4.69) is 41.3 Å². The molecule has 1 heteroatoms. The molecular weight excluding hydrogens is 182 g/mol. The van der Waals surface area contributed by atoms with Crippen molar-refractivity contribution in [3.05, 3.63) is 42.5 Å². The average molecular weight is 196 g/mol. The van der Waals surface area contributed by atoms with Gasteiger partial charge in [0.25, 0.3) is 0 Å². The highest BCUT2D eigenvalue weighted by atomic mass is 15.1. The first kappa shape index (κ1) is 8.78. The Hall–Kier alpha value is -1.50. The third-order valence-electron chi connectivity index (χ3n) is 3.13. The number of hydrogen-bond acceptors (Lipinski definition) is 1. The van der Waals surface area contributed by atoms with Crippen LogP contribution in [0.4, 0.5) is 5.69 Å². The van der Waals surface area contributed by atoms with Crippen molar-refractivity contribution in [1.82, 2.24) is 0 Å². The first-order valence-corrected chi connectivity index (χ1v) is 5.59. The molecule has 1 heterocycles. The molecule has 0 aliphatic carbocycles. The van der Waals surface area contributed by atoms with Gasteiger partial charge >= 0.3 is 0 Å². The van der Waals surface area contributed by atoms with Crippen LogP contribution >= 0.6 is 0 Å². The van der Waals surface area contributed by atoms with E-state index in [4.69, 9.17) is 0 Å². The average Bonchev–Trinajstić information content (AvgIpc) is 2.82. The quantitative estimate of drug-likeness (QED) is 0.676. The molecule has 1 fully saturated rings. The largest absolute Gasteiger partial charge is 0.371 e. The molecule has 0 N–H and O–H groups in total. The SMILES string of the molecule is [c]1ccc(N2CCCC2)c2ccccc12. The molecule has 0 amide bonds. The zero-order valence-corrected chi connectivity index (χ0v) is 8.74. The van der Waals surface area contributed by atoms with E-state index in [1.807, 2.05) is 6.07 Å². The van der Waals surface area contributed by atoms with Crippen molar-refractivity contribution < 1.29 is 0 Å². The maximum Gasteiger partial charge on any atom is 0.0446 e. The molecular formula is C14H14N. The molecule has 0 unspecified atom stereocenters. The fraction of sp³-hybridized carbons (Fsp3) is 0.286. The van der Waals surface area contributed by atoms with Crippen molar-refractivity contribution in [1.29, 1.82) is 0 Å². The van der Waals surface area contributed by atoms with Crippen molar-refractivity contribution in [3.63, 3.8) is 0 Å². The fourth-order valence-corrected chi connectivity index (χ4v) is 2.37. The number of hydrogen-bond donors (Lipinski definition) is 0. The Balaban J connectivity index is 2.16. The Morgan fingerprint density at radius 1 is 1.00 bits per heavy atom. The highest BCUT2D eigenvalue weighted by molar-refractivity contribution is 5.93. The minimum absolute atomic E-state index is 1.20. The minimum Gasteiger partial charge on any atom is -0.371 e. The zero-order valence-electron chi connectivity index (χ0n) is 8.74. The Morgan fingerprint density at radius 3 is 2.67 bits per heavy atom. The number of fused-ring (bicyclic) bond motifs is 1. The van der Waals surface area contributed by atoms with Gasteiger partial charge in [-0.1, -0.05) is 30.3 Å². The summed E-state index contributed by atoms with van der Waals surface area (Å²) in [7, 11) is 0. The normalized spacial score (nSPS) is 16.1. The molecule has 0 bridgehead atoms. The van der Waals surface area contributed by atoms with Crippen LogP contribution < -0.4 is 4.90 Å². The first-order chi connectivity index (χ1) is 7.45. The number of rotatable bonds is 1. The molecule has 1 saturated heterocycles. The summed E-state index contributed by atoms with van der Waals surface area (Å²) < 4.78 is 0. The van der Waals surface area contributed by atoms with Crippen LogP contribution in [0.3, 0.4) is 0 Å². The lowest BCUT2D eigenvalue weighted by molar-refractivity contribution is 0.949. The highest BCUT2D eigenvalue weighted by Gasteiger charge is 2.13. The molecule has 0 spiro atoms. The van der Waals surface area contributed by atoms with E-state index in [-0.39, 0.29) is 0 Å². The van der Waals surface area contributed by atoms with Gasteiger partial charge in [0.1, 0.15) is 0 Å². The number of anilines is 1. The Labute approximate surface area is 90.3 Å². The summed E-state index contributed by atoms with van der Waals surface area (Å²) >= 11 is 0. The number of nitrogens with zero attached hydrogens (tertiary/aromatic N) is 1. The van der Waals surface area contributed by atoms with Gasteiger partial charge in [-0.2, -0.15) is 0 Å². The molecule has 15 heavy (non-hydrogen) atoms. The van der Waals surface area contributed by atoms with E-state index < -0.39 is 0 Å². The molecule has 0 atom stereocenters. The van der Waals surface area contributed by atoms with Crippen LogP contribution in [-0.2, 0) is 0 Å². The van der Waals surface area contributed by atoms with Crippen LogP contribution in [0.2, 0.25) is 0 Å². The predicted octanol–water partition coefficient (Wildman–Crippen LogP) is 3.24. The lowest BCUT2D eigenvalue weighted by Crippen LogP contribution is -2.17. The number of benzene rings is 2. The summed E-state index contributed by atoms with van der Waals surface area (Å²) in [5.74, 6) is 0. The third-order valence-corrected chi connectivity index (χ3v) is 3.13. The molecule has 1 radical (unpaired) electrons. The van der Waals surface area contributed by atoms with E-state index >= 15 is 0 Å². The van der Waals surface area contributed by atoms with Crippen molar-refractivity contribution in [2.24, 2.45) is 0 Å². The van der Waals surface area contributed by atoms with Crippen LogP contribution in [0.15, 0.2) is 36.4 Å². The van der Waals surface area contributed by atoms with Crippen molar-refractivity contribution in [2.45, 2.75) is 12.8 Å². The summed E-state index contributed by atoms with van der Waals surface area (Å²) in [5.41, 5.74) is 1.38. The van der Waals surface area contributed by atoms with E-state index in [9.17, 15) is 0 Å². The van der Waals surface area contributed by atoms with E-state index in [0.717, 1.165) is 0 Å². The fourth-order valence-electron chi connectivity index (χ4n) is 2.37. The molecule has 0 aromatic heterocycles. The second-order valence-corrected chi connectivity index (χ2v) is 4.10. The standard InChI is InChI=1S/C14H14N/c1-2-8-13-12(6-1)7-5-9-14(13)15-10-3-4-11-15/h1-2,5-6,8-9H,3-4,10-11H2. The van der Waals surface area contributed by atoms with Crippen LogP contribution in [0.25, 0.3) is 10.8 Å². The van der Waals surface area contributed by atoms with Gasteiger partial charge in [-0.15, -0.1) is 0 Å². The van der Waals surface area contributed by atoms with Crippen molar-refractivity contribution in [2.75, 3.05) is 18.0 Å². The van der Waals surface area contributed by atoms with Gasteiger partial charge in [-0.05, 0) is 30.4 Å². The van der Waals surface area contributed by atoms with E-state index in [1.165, 1.54) is 42.4 Å². The summed E-state index contributed by atoms with van der Waals surface area (Å²) in [5, 5.41) is 2.56. The van der Waals surface area contributed by atoms with Gasteiger partial charge in [-0.25, -0.2) is 0 Å².